The van der Waals surface area contributed by atoms with E-state index in [1.54, 1.807) is 54.6 Å². The predicted octanol–water partition coefficient (Wildman–Crippen LogP) is 4.78. The average molecular weight is 537 g/mol. The number of ether oxygens (including phenoxy) is 2. The molecule has 0 saturated heterocycles. The van der Waals surface area contributed by atoms with E-state index in [1.165, 1.54) is 6.92 Å². The summed E-state index contributed by atoms with van der Waals surface area (Å²) in [4.78, 5) is 26.0. The number of hydrogen-bond acceptors (Lipinski definition) is 6. The highest BCUT2D eigenvalue weighted by molar-refractivity contribution is 7.92. The Morgan fingerprint density at radius 2 is 1.58 bits per heavy atom. The van der Waals surface area contributed by atoms with Crippen molar-refractivity contribution >= 4 is 33.1 Å². The average Bonchev–Trinajstić information content (AvgIpc) is 2.90. The number of hydrogen-bond donors (Lipinski definition) is 1. The number of sulfonamides is 1. The lowest BCUT2D eigenvalue weighted by molar-refractivity contribution is -0.114. The lowest BCUT2D eigenvalue weighted by Gasteiger charge is -2.25. The van der Waals surface area contributed by atoms with Crippen molar-refractivity contribution in [2.45, 2.75) is 33.1 Å². The number of fused-ring (bicyclic) bond motifs is 1. The number of rotatable bonds is 8. The van der Waals surface area contributed by atoms with Crippen LogP contribution < -0.4 is 19.1 Å². The first-order valence-corrected chi connectivity index (χ1v) is 14.0. The maximum atomic E-state index is 13.1. The molecule has 1 heterocycles. The van der Waals surface area contributed by atoms with Crippen molar-refractivity contribution in [3.8, 4) is 11.5 Å². The molecule has 3 aromatic carbocycles. The summed E-state index contributed by atoms with van der Waals surface area (Å²) in [5.41, 5.74) is 2.75. The number of amides is 1. The van der Waals surface area contributed by atoms with Crippen LogP contribution in [0.2, 0.25) is 0 Å². The Bertz CT molecular complexity index is 1440. The van der Waals surface area contributed by atoms with Crippen molar-refractivity contribution in [3.05, 3.63) is 83.4 Å². The van der Waals surface area contributed by atoms with Crippen molar-refractivity contribution in [3.63, 3.8) is 0 Å². The molecular formula is C29H32N2O6S. The summed E-state index contributed by atoms with van der Waals surface area (Å²) < 4.78 is 37.9. The number of carbonyl (C=O) groups excluding carboxylic acids is 2. The smallest absolute Gasteiger partial charge is 0.245 e. The van der Waals surface area contributed by atoms with Crippen LogP contribution in [0.25, 0.3) is 0 Å². The Hall–Kier alpha value is -3.85. The summed E-state index contributed by atoms with van der Waals surface area (Å²) in [6, 6.07) is 18.8. The molecule has 0 atom stereocenters. The van der Waals surface area contributed by atoms with Crippen LogP contribution in [0.4, 0.5) is 11.4 Å². The normalized spacial score (nSPS) is 13.1. The largest absolute Gasteiger partial charge is 0.486 e. The molecule has 0 aromatic heterocycles. The maximum Gasteiger partial charge on any atom is 0.245 e. The van der Waals surface area contributed by atoms with E-state index in [0.717, 1.165) is 9.87 Å². The number of benzene rings is 3. The predicted molar refractivity (Wildman–Crippen MR) is 148 cm³/mol. The van der Waals surface area contributed by atoms with Gasteiger partial charge in [0.15, 0.2) is 17.3 Å². The molecule has 0 unspecified atom stereocenters. The number of nitrogens with one attached hydrogen (secondary N) is 1. The van der Waals surface area contributed by atoms with E-state index in [0.29, 0.717) is 47.2 Å². The second-order valence-corrected chi connectivity index (χ2v) is 12.2. The molecule has 3 aromatic rings. The molecule has 4 rings (SSSR count). The molecule has 1 amide bonds. The third-order valence-corrected chi connectivity index (χ3v) is 7.96. The van der Waals surface area contributed by atoms with E-state index in [1.807, 2.05) is 12.1 Å². The van der Waals surface area contributed by atoms with E-state index >= 15 is 0 Å². The van der Waals surface area contributed by atoms with E-state index in [9.17, 15) is 18.0 Å². The van der Waals surface area contributed by atoms with Crippen molar-refractivity contribution in [2.24, 2.45) is 0 Å². The highest BCUT2D eigenvalue weighted by atomic mass is 32.2. The van der Waals surface area contributed by atoms with E-state index in [4.69, 9.17) is 9.47 Å². The minimum atomic E-state index is -3.78. The van der Waals surface area contributed by atoms with Gasteiger partial charge in [-0.05, 0) is 42.2 Å². The Kier molecular flexibility index (Phi) is 7.78. The summed E-state index contributed by atoms with van der Waals surface area (Å²) in [6.07, 6.45) is 0. The minimum Gasteiger partial charge on any atom is -0.486 e. The van der Waals surface area contributed by atoms with Gasteiger partial charge >= 0.3 is 0 Å². The molecule has 0 fully saturated rings. The van der Waals surface area contributed by atoms with Crippen LogP contribution in [0, 0.1) is 0 Å². The van der Waals surface area contributed by atoms with Crippen LogP contribution in [-0.4, -0.2) is 45.6 Å². The number of carbonyl (C=O) groups is 2. The molecule has 1 aliphatic heterocycles. The SMILES string of the molecule is CCS(=O)(=O)N(CC(=O)Nc1cccc(C(=O)c2ccc(C(C)(C)C)cc2)c1)c1ccc2c(c1)OCCO2. The molecule has 0 aliphatic carbocycles. The van der Waals surface area contributed by atoms with Gasteiger partial charge in [0.2, 0.25) is 15.9 Å². The van der Waals surface area contributed by atoms with Gasteiger partial charge in [-0.1, -0.05) is 57.2 Å². The fraction of sp³-hybridized carbons (Fsp3) is 0.310. The Morgan fingerprint density at radius 1 is 0.895 bits per heavy atom. The van der Waals surface area contributed by atoms with Crippen LogP contribution in [0.5, 0.6) is 11.5 Å². The topological polar surface area (TPSA) is 102 Å². The first kappa shape index (κ1) is 27.2. The molecule has 0 radical (unpaired) electrons. The van der Waals surface area contributed by atoms with Crippen LogP contribution in [0.15, 0.2) is 66.7 Å². The second-order valence-electron chi connectivity index (χ2n) is 10.0. The Balaban J connectivity index is 1.51. The van der Waals surface area contributed by atoms with Gasteiger partial charge in [0.25, 0.3) is 0 Å². The quantitative estimate of drug-likeness (QED) is 0.416. The molecule has 200 valence electrons. The monoisotopic (exact) mass is 536 g/mol. The summed E-state index contributed by atoms with van der Waals surface area (Å²) in [6.45, 7) is 8.16. The maximum absolute atomic E-state index is 13.1. The van der Waals surface area contributed by atoms with Crippen molar-refractivity contribution < 1.29 is 27.5 Å². The third kappa shape index (κ3) is 6.16. The molecule has 0 saturated carbocycles. The van der Waals surface area contributed by atoms with E-state index in [-0.39, 0.29) is 17.0 Å². The molecule has 0 spiro atoms. The van der Waals surface area contributed by atoms with Gasteiger partial charge in [-0.15, -0.1) is 0 Å². The number of nitrogens with zero attached hydrogens (tertiary/aromatic N) is 1. The standard InChI is InChI=1S/C29H32N2O6S/c1-5-38(34,35)31(24-13-14-25-26(18-24)37-16-15-36-25)19-27(32)30-23-8-6-7-21(17-23)28(33)20-9-11-22(12-10-20)29(2,3)4/h6-14,17-18H,5,15-16,19H2,1-4H3,(H,30,32). The van der Waals surface area contributed by atoms with Crippen molar-refractivity contribution in [1.29, 1.82) is 0 Å². The zero-order valence-corrected chi connectivity index (χ0v) is 22.8. The fourth-order valence-corrected chi connectivity index (χ4v) is 5.11. The van der Waals surface area contributed by atoms with Crippen LogP contribution >= 0.6 is 0 Å². The van der Waals surface area contributed by atoms with Crippen molar-refractivity contribution in [1.82, 2.24) is 0 Å². The summed E-state index contributed by atoms with van der Waals surface area (Å²) in [5, 5.41) is 2.72. The third-order valence-electron chi connectivity index (χ3n) is 6.22. The molecule has 9 heteroatoms. The molecule has 1 N–H and O–H groups in total. The zero-order chi connectivity index (χ0) is 27.5. The van der Waals surface area contributed by atoms with Crippen LogP contribution in [0.1, 0.15) is 49.2 Å². The lowest BCUT2D eigenvalue weighted by atomic mass is 9.86. The summed E-state index contributed by atoms with van der Waals surface area (Å²) in [7, 11) is -3.78. The fourth-order valence-electron chi connectivity index (χ4n) is 4.05. The van der Waals surface area contributed by atoms with E-state index in [2.05, 4.69) is 26.1 Å². The molecule has 8 nitrogen and oxygen atoms in total. The Labute approximate surface area is 223 Å². The number of ketones is 1. The Morgan fingerprint density at radius 3 is 2.24 bits per heavy atom. The zero-order valence-electron chi connectivity index (χ0n) is 22.0. The number of anilines is 2. The van der Waals surface area contributed by atoms with Gasteiger partial charge in [-0.3, -0.25) is 13.9 Å². The van der Waals surface area contributed by atoms with Gasteiger partial charge in [0, 0.05) is 22.9 Å². The molecule has 1 aliphatic rings. The first-order chi connectivity index (χ1) is 18.0. The van der Waals surface area contributed by atoms with Crippen molar-refractivity contribution in [2.75, 3.05) is 35.1 Å². The summed E-state index contributed by atoms with van der Waals surface area (Å²) in [5.74, 6) is 0.0382. The minimum absolute atomic E-state index is 0.0230. The highest BCUT2D eigenvalue weighted by Gasteiger charge is 2.26. The van der Waals surface area contributed by atoms with Gasteiger partial charge in [0.05, 0.1) is 11.4 Å². The van der Waals surface area contributed by atoms with Gasteiger partial charge in [-0.2, -0.15) is 0 Å². The first-order valence-electron chi connectivity index (χ1n) is 12.4. The lowest BCUT2D eigenvalue weighted by Crippen LogP contribution is -2.39. The van der Waals surface area contributed by atoms with Gasteiger partial charge < -0.3 is 14.8 Å². The highest BCUT2D eigenvalue weighted by Crippen LogP contribution is 2.35. The molecule has 38 heavy (non-hydrogen) atoms. The van der Waals surface area contributed by atoms with Gasteiger partial charge in [-0.25, -0.2) is 8.42 Å². The van der Waals surface area contributed by atoms with Gasteiger partial charge in [0.1, 0.15) is 19.8 Å². The van der Waals surface area contributed by atoms with Crippen LogP contribution in [0.3, 0.4) is 0 Å². The van der Waals surface area contributed by atoms with E-state index < -0.39 is 22.5 Å². The van der Waals surface area contributed by atoms with Crippen LogP contribution in [-0.2, 0) is 20.2 Å². The second kappa shape index (κ2) is 10.9. The molecular weight excluding hydrogens is 504 g/mol. The summed E-state index contributed by atoms with van der Waals surface area (Å²) >= 11 is 0. The molecule has 0 bridgehead atoms.